The third-order valence-corrected chi connectivity index (χ3v) is 3.13. The second-order valence-corrected chi connectivity index (χ2v) is 4.49. The molecule has 0 bridgehead atoms. The third kappa shape index (κ3) is 2.02. The van der Waals surface area contributed by atoms with Crippen molar-refractivity contribution in [2.45, 2.75) is 6.10 Å². The van der Waals surface area contributed by atoms with E-state index in [0.717, 1.165) is 9.21 Å². The minimum absolute atomic E-state index is 0.0322. The molecule has 1 aromatic rings. The fraction of sp³-hybridized carbons (Fsp3) is 0.375. The summed E-state index contributed by atoms with van der Waals surface area (Å²) in [6, 6.07) is 3.76. The molecule has 1 unspecified atom stereocenters. The van der Waals surface area contributed by atoms with E-state index in [-0.39, 0.29) is 18.6 Å². The Morgan fingerprint density at radius 2 is 2.46 bits per heavy atom. The lowest BCUT2D eigenvalue weighted by molar-refractivity contribution is -0.133. The van der Waals surface area contributed by atoms with Gasteiger partial charge in [-0.3, -0.25) is 4.79 Å². The number of thiophene rings is 1. The molecule has 2 rings (SSSR count). The molecule has 5 heteroatoms. The normalized spacial score (nSPS) is 22.8. The Morgan fingerprint density at radius 1 is 1.62 bits per heavy atom. The molecule has 0 aromatic carbocycles. The van der Waals surface area contributed by atoms with Crippen LogP contribution in [0.2, 0.25) is 4.34 Å². The molecule has 3 nitrogen and oxygen atoms in total. The van der Waals surface area contributed by atoms with Crippen molar-refractivity contribution in [1.82, 2.24) is 5.32 Å². The Bertz CT molecular complexity index is 316. The van der Waals surface area contributed by atoms with Gasteiger partial charge in [-0.2, -0.15) is 0 Å². The van der Waals surface area contributed by atoms with Gasteiger partial charge in [0.1, 0.15) is 12.7 Å². The molecule has 1 fully saturated rings. The Balaban J connectivity index is 2.06. The zero-order valence-corrected chi connectivity index (χ0v) is 8.32. The maximum absolute atomic E-state index is 10.8. The Hall–Kier alpha value is -0.580. The summed E-state index contributed by atoms with van der Waals surface area (Å²) in [6.45, 7) is 0.676. The van der Waals surface area contributed by atoms with E-state index in [1.54, 1.807) is 0 Å². The molecular weight excluding hydrogens is 210 g/mol. The first kappa shape index (κ1) is 8.99. The zero-order valence-electron chi connectivity index (χ0n) is 6.75. The number of nitrogens with one attached hydrogen (secondary N) is 1. The van der Waals surface area contributed by atoms with E-state index >= 15 is 0 Å². The predicted octanol–water partition coefficient (Wildman–Crippen LogP) is 1.59. The second kappa shape index (κ2) is 3.65. The summed E-state index contributed by atoms with van der Waals surface area (Å²) in [5, 5.41) is 2.74. The van der Waals surface area contributed by atoms with Gasteiger partial charge in [0.2, 0.25) is 5.91 Å². The Labute approximate surface area is 84.7 Å². The van der Waals surface area contributed by atoms with E-state index in [1.165, 1.54) is 11.3 Å². The number of morpholine rings is 1. The van der Waals surface area contributed by atoms with Crippen molar-refractivity contribution in [2.75, 3.05) is 13.2 Å². The number of ether oxygens (including phenoxy) is 1. The van der Waals surface area contributed by atoms with Gasteiger partial charge in [0.25, 0.3) is 0 Å². The summed E-state index contributed by atoms with van der Waals surface area (Å²) in [5.74, 6) is -0.0566. The molecule has 1 atom stereocenters. The number of rotatable bonds is 1. The first-order chi connectivity index (χ1) is 6.25. The summed E-state index contributed by atoms with van der Waals surface area (Å²) in [6.07, 6.45) is -0.0322. The molecule has 13 heavy (non-hydrogen) atoms. The van der Waals surface area contributed by atoms with Gasteiger partial charge in [-0.25, -0.2) is 0 Å². The first-order valence-corrected chi connectivity index (χ1v) is 5.08. The fourth-order valence-electron chi connectivity index (χ4n) is 1.18. The molecule has 0 saturated carbocycles. The van der Waals surface area contributed by atoms with Crippen LogP contribution in [0, 0.1) is 0 Å². The smallest absolute Gasteiger partial charge is 0.246 e. The van der Waals surface area contributed by atoms with Crippen molar-refractivity contribution in [1.29, 1.82) is 0 Å². The monoisotopic (exact) mass is 217 g/mol. The molecule has 1 aliphatic heterocycles. The molecule has 1 aliphatic rings. The summed E-state index contributed by atoms with van der Waals surface area (Å²) >= 11 is 7.27. The maximum atomic E-state index is 10.8. The van der Waals surface area contributed by atoms with E-state index in [1.807, 2.05) is 12.1 Å². The highest BCUT2D eigenvalue weighted by Gasteiger charge is 2.21. The summed E-state index contributed by atoms with van der Waals surface area (Å²) in [4.78, 5) is 11.8. The maximum Gasteiger partial charge on any atom is 0.246 e. The number of hydrogen-bond donors (Lipinski definition) is 1. The van der Waals surface area contributed by atoms with Crippen LogP contribution in [-0.4, -0.2) is 19.1 Å². The van der Waals surface area contributed by atoms with Crippen LogP contribution in [0.5, 0.6) is 0 Å². The van der Waals surface area contributed by atoms with Crippen molar-refractivity contribution in [2.24, 2.45) is 0 Å². The lowest BCUT2D eigenvalue weighted by atomic mass is 10.2. The van der Waals surface area contributed by atoms with Gasteiger partial charge in [0.15, 0.2) is 0 Å². The van der Waals surface area contributed by atoms with Gasteiger partial charge >= 0.3 is 0 Å². The van der Waals surface area contributed by atoms with Crippen LogP contribution < -0.4 is 5.32 Å². The van der Waals surface area contributed by atoms with Gasteiger partial charge in [0, 0.05) is 11.4 Å². The van der Waals surface area contributed by atoms with Gasteiger partial charge in [0.05, 0.1) is 4.34 Å². The van der Waals surface area contributed by atoms with Gasteiger partial charge in [-0.15, -0.1) is 11.3 Å². The lowest BCUT2D eigenvalue weighted by Gasteiger charge is -2.21. The molecule has 2 heterocycles. The Morgan fingerprint density at radius 3 is 3.00 bits per heavy atom. The number of halogens is 1. The van der Waals surface area contributed by atoms with Gasteiger partial charge < -0.3 is 10.1 Å². The van der Waals surface area contributed by atoms with Crippen molar-refractivity contribution < 1.29 is 9.53 Å². The standard InChI is InChI=1S/C8H8ClNO2S/c9-7-2-1-6(13-7)5-3-10-8(11)4-12-5/h1-2,5H,3-4H2,(H,10,11). The van der Waals surface area contributed by atoms with Gasteiger partial charge in [-0.1, -0.05) is 11.6 Å². The molecule has 0 radical (unpaired) electrons. The predicted molar refractivity (Wildman–Crippen MR) is 51.0 cm³/mol. The van der Waals surface area contributed by atoms with Crippen LogP contribution in [0.15, 0.2) is 12.1 Å². The van der Waals surface area contributed by atoms with E-state index in [2.05, 4.69) is 5.32 Å². The third-order valence-electron chi connectivity index (χ3n) is 1.81. The molecule has 1 N–H and O–H groups in total. The highest BCUT2D eigenvalue weighted by atomic mass is 35.5. The second-order valence-electron chi connectivity index (χ2n) is 2.75. The molecular formula is C8H8ClNO2S. The minimum atomic E-state index is -0.0566. The lowest BCUT2D eigenvalue weighted by Crippen LogP contribution is -2.38. The van der Waals surface area contributed by atoms with Crippen LogP contribution in [0.25, 0.3) is 0 Å². The topological polar surface area (TPSA) is 38.3 Å². The number of hydrogen-bond acceptors (Lipinski definition) is 3. The van der Waals surface area contributed by atoms with E-state index < -0.39 is 0 Å². The number of amides is 1. The van der Waals surface area contributed by atoms with Crippen molar-refractivity contribution in [3.63, 3.8) is 0 Å². The van der Waals surface area contributed by atoms with Gasteiger partial charge in [-0.05, 0) is 12.1 Å². The molecule has 1 amide bonds. The summed E-state index contributed by atoms with van der Waals surface area (Å²) in [5.41, 5.74) is 0. The highest BCUT2D eigenvalue weighted by Crippen LogP contribution is 2.29. The van der Waals surface area contributed by atoms with Crippen LogP contribution in [0.3, 0.4) is 0 Å². The van der Waals surface area contributed by atoms with Crippen molar-refractivity contribution in [3.8, 4) is 0 Å². The molecule has 1 aromatic heterocycles. The van der Waals surface area contributed by atoms with Crippen molar-refractivity contribution in [3.05, 3.63) is 21.3 Å². The van der Waals surface area contributed by atoms with E-state index in [9.17, 15) is 4.79 Å². The highest BCUT2D eigenvalue weighted by molar-refractivity contribution is 7.16. The van der Waals surface area contributed by atoms with E-state index in [4.69, 9.17) is 16.3 Å². The number of carbonyl (C=O) groups excluding carboxylic acids is 1. The number of carbonyl (C=O) groups is 1. The summed E-state index contributed by atoms with van der Waals surface area (Å²) < 4.78 is 6.08. The van der Waals surface area contributed by atoms with Crippen LogP contribution in [-0.2, 0) is 9.53 Å². The summed E-state index contributed by atoms with van der Waals surface area (Å²) in [7, 11) is 0. The quantitative estimate of drug-likeness (QED) is 0.776. The van der Waals surface area contributed by atoms with Crippen LogP contribution in [0.4, 0.5) is 0 Å². The van der Waals surface area contributed by atoms with Crippen LogP contribution in [0.1, 0.15) is 11.0 Å². The van der Waals surface area contributed by atoms with E-state index in [0.29, 0.717) is 6.54 Å². The average molecular weight is 218 g/mol. The molecule has 70 valence electrons. The van der Waals surface area contributed by atoms with Crippen LogP contribution >= 0.6 is 22.9 Å². The van der Waals surface area contributed by atoms with Crippen molar-refractivity contribution >= 4 is 28.8 Å². The largest absolute Gasteiger partial charge is 0.361 e. The molecule has 1 saturated heterocycles. The molecule has 0 spiro atoms. The minimum Gasteiger partial charge on any atom is -0.361 e. The Kier molecular flexibility index (Phi) is 2.53. The zero-order chi connectivity index (χ0) is 9.26. The first-order valence-electron chi connectivity index (χ1n) is 3.89. The fourth-order valence-corrected chi connectivity index (χ4v) is 2.29. The molecule has 0 aliphatic carbocycles. The SMILES string of the molecule is O=C1COC(c2ccc(Cl)s2)CN1. The average Bonchev–Trinajstić information content (AvgIpc) is 2.53.